The number of benzene rings is 1. The van der Waals surface area contributed by atoms with Gasteiger partial charge in [0.2, 0.25) is 5.82 Å². The molecule has 0 aliphatic carbocycles. The summed E-state index contributed by atoms with van der Waals surface area (Å²) < 4.78 is 19.2. The second-order valence-corrected chi connectivity index (χ2v) is 4.93. The zero-order chi connectivity index (χ0) is 14.1. The Morgan fingerprint density at radius 3 is 2.80 bits per heavy atom. The van der Waals surface area contributed by atoms with Gasteiger partial charge in [0.25, 0.3) is 5.89 Å². The molecule has 100 valence electrons. The molecule has 0 saturated carbocycles. The average Bonchev–Trinajstić information content (AvgIpc) is 2.92. The molecule has 3 rings (SSSR count). The number of anilines is 1. The van der Waals surface area contributed by atoms with E-state index in [1.165, 1.54) is 18.2 Å². The molecule has 1 aromatic carbocycles. The zero-order valence-electron chi connectivity index (χ0n) is 10.0. The highest BCUT2D eigenvalue weighted by molar-refractivity contribution is 9.10. The van der Waals surface area contributed by atoms with E-state index < -0.39 is 5.82 Å². The van der Waals surface area contributed by atoms with E-state index in [1.807, 2.05) is 6.07 Å². The van der Waals surface area contributed by atoms with Crippen LogP contribution in [0.1, 0.15) is 0 Å². The van der Waals surface area contributed by atoms with Crippen LogP contribution in [0.4, 0.5) is 10.1 Å². The van der Waals surface area contributed by atoms with E-state index in [-0.39, 0.29) is 5.89 Å². The van der Waals surface area contributed by atoms with Crippen molar-refractivity contribution < 1.29 is 8.91 Å². The third-order valence-electron chi connectivity index (χ3n) is 2.63. The van der Waals surface area contributed by atoms with Gasteiger partial charge in [-0.3, -0.25) is 4.98 Å². The number of halogens is 2. The highest BCUT2D eigenvalue weighted by atomic mass is 79.9. The zero-order valence-corrected chi connectivity index (χ0v) is 11.6. The Hall–Kier alpha value is -2.28. The van der Waals surface area contributed by atoms with Crippen LogP contribution in [0.2, 0.25) is 0 Å². The number of hydrogen-bond acceptors (Lipinski definition) is 5. The van der Waals surface area contributed by atoms with Gasteiger partial charge in [0.05, 0.1) is 5.56 Å². The van der Waals surface area contributed by atoms with Crippen LogP contribution in [-0.2, 0) is 0 Å². The first kappa shape index (κ1) is 12.7. The van der Waals surface area contributed by atoms with Gasteiger partial charge in [-0.2, -0.15) is 4.98 Å². The Kier molecular flexibility index (Phi) is 3.19. The Bertz CT molecular complexity index is 757. The molecule has 0 amide bonds. The van der Waals surface area contributed by atoms with Gasteiger partial charge in [-0.25, -0.2) is 4.39 Å². The third kappa shape index (κ3) is 2.39. The number of hydrogen-bond donors (Lipinski definition) is 1. The topological polar surface area (TPSA) is 77.8 Å². The van der Waals surface area contributed by atoms with Crippen LogP contribution in [0.15, 0.2) is 45.5 Å². The summed E-state index contributed by atoms with van der Waals surface area (Å²) in [5, 5.41) is 3.82. The smallest absolute Gasteiger partial charge is 0.260 e. The van der Waals surface area contributed by atoms with Crippen molar-refractivity contribution in [3.05, 3.63) is 46.8 Å². The molecule has 2 heterocycles. The van der Waals surface area contributed by atoms with Gasteiger partial charge in [0.15, 0.2) is 0 Å². The lowest BCUT2D eigenvalue weighted by Gasteiger charge is -1.99. The second-order valence-electron chi connectivity index (χ2n) is 4.02. The Morgan fingerprint density at radius 1 is 1.20 bits per heavy atom. The van der Waals surface area contributed by atoms with Crippen molar-refractivity contribution in [3.8, 4) is 23.0 Å². The van der Waals surface area contributed by atoms with E-state index in [2.05, 4.69) is 31.1 Å². The van der Waals surface area contributed by atoms with Crippen molar-refractivity contribution in [1.82, 2.24) is 15.1 Å². The minimum Gasteiger partial charge on any atom is -0.398 e. The standard InChI is InChI=1S/C13H8BrFN4O/c14-7-1-4-11(17-6-7)12-18-13(20-19-12)9-5-8(15)2-3-10(9)16/h1-6H,16H2. The molecule has 0 radical (unpaired) electrons. The minimum atomic E-state index is -0.421. The van der Waals surface area contributed by atoms with Crippen LogP contribution in [0.3, 0.4) is 0 Å². The summed E-state index contributed by atoms with van der Waals surface area (Å²) in [6, 6.07) is 7.53. The molecule has 7 heteroatoms. The maximum absolute atomic E-state index is 13.2. The normalized spacial score (nSPS) is 10.7. The Balaban J connectivity index is 2.01. The van der Waals surface area contributed by atoms with Crippen LogP contribution in [0.25, 0.3) is 23.0 Å². The van der Waals surface area contributed by atoms with Gasteiger partial charge in [-0.15, -0.1) is 0 Å². The molecule has 0 unspecified atom stereocenters. The van der Waals surface area contributed by atoms with E-state index in [9.17, 15) is 4.39 Å². The summed E-state index contributed by atoms with van der Waals surface area (Å²) in [5.74, 6) is 0.0496. The molecule has 0 fully saturated rings. The van der Waals surface area contributed by atoms with Gasteiger partial charge >= 0.3 is 0 Å². The van der Waals surface area contributed by atoms with Crippen molar-refractivity contribution in [2.75, 3.05) is 5.73 Å². The summed E-state index contributed by atoms with van der Waals surface area (Å²) in [6.07, 6.45) is 1.63. The number of nitrogens with zero attached hydrogens (tertiary/aromatic N) is 3. The summed E-state index contributed by atoms with van der Waals surface area (Å²) in [5.41, 5.74) is 7.05. The van der Waals surface area contributed by atoms with Crippen molar-refractivity contribution >= 4 is 21.6 Å². The van der Waals surface area contributed by atoms with Crippen LogP contribution < -0.4 is 5.73 Å². The fourth-order valence-corrected chi connectivity index (χ4v) is 1.89. The first-order valence-electron chi connectivity index (χ1n) is 5.64. The molecular formula is C13H8BrFN4O. The predicted octanol–water partition coefficient (Wildman–Crippen LogP) is 3.28. The predicted molar refractivity (Wildman–Crippen MR) is 75.0 cm³/mol. The van der Waals surface area contributed by atoms with E-state index >= 15 is 0 Å². The lowest BCUT2D eigenvalue weighted by atomic mass is 10.2. The van der Waals surface area contributed by atoms with Gasteiger partial charge < -0.3 is 10.3 Å². The molecule has 3 aromatic rings. The molecule has 5 nitrogen and oxygen atoms in total. The van der Waals surface area contributed by atoms with Gasteiger partial charge in [-0.1, -0.05) is 5.16 Å². The highest BCUT2D eigenvalue weighted by Crippen LogP contribution is 2.27. The Morgan fingerprint density at radius 2 is 2.05 bits per heavy atom. The van der Waals surface area contributed by atoms with E-state index in [0.29, 0.717) is 22.8 Å². The van der Waals surface area contributed by atoms with Crippen LogP contribution in [0.5, 0.6) is 0 Å². The maximum Gasteiger partial charge on any atom is 0.260 e. The van der Waals surface area contributed by atoms with Crippen molar-refractivity contribution in [3.63, 3.8) is 0 Å². The number of nitrogen functional groups attached to an aromatic ring is 1. The summed E-state index contributed by atoms with van der Waals surface area (Å²) in [7, 11) is 0. The average molecular weight is 335 g/mol. The van der Waals surface area contributed by atoms with Crippen LogP contribution >= 0.6 is 15.9 Å². The number of rotatable bonds is 2. The van der Waals surface area contributed by atoms with Crippen molar-refractivity contribution in [1.29, 1.82) is 0 Å². The van der Waals surface area contributed by atoms with Crippen LogP contribution in [-0.4, -0.2) is 15.1 Å². The van der Waals surface area contributed by atoms with Gasteiger partial charge in [0.1, 0.15) is 11.5 Å². The maximum atomic E-state index is 13.2. The summed E-state index contributed by atoms with van der Waals surface area (Å²) in [6.45, 7) is 0. The van der Waals surface area contributed by atoms with E-state index in [0.717, 1.165) is 4.47 Å². The number of pyridine rings is 1. The van der Waals surface area contributed by atoms with Crippen molar-refractivity contribution in [2.45, 2.75) is 0 Å². The van der Waals surface area contributed by atoms with Crippen LogP contribution in [0, 0.1) is 5.82 Å². The van der Waals surface area contributed by atoms with Gasteiger partial charge in [0, 0.05) is 16.4 Å². The molecule has 0 aliphatic heterocycles. The van der Waals surface area contributed by atoms with E-state index in [4.69, 9.17) is 10.3 Å². The fraction of sp³-hybridized carbons (Fsp3) is 0. The molecule has 0 atom stereocenters. The number of nitrogens with two attached hydrogens (primary N) is 1. The highest BCUT2D eigenvalue weighted by Gasteiger charge is 2.14. The lowest BCUT2D eigenvalue weighted by molar-refractivity contribution is 0.432. The molecular weight excluding hydrogens is 327 g/mol. The molecule has 0 bridgehead atoms. The molecule has 0 spiro atoms. The summed E-state index contributed by atoms with van der Waals surface area (Å²) >= 11 is 3.29. The lowest BCUT2D eigenvalue weighted by Crippen LogP contribution is -1.91. The largest absolute Gasteiger partial charge is 0.398 e. The minimum absolute atomic E-state index is 0.154. The second kappa shape index (κ2) is 5.01. The Labute approximate surface area is 121 Å². The molecule has 20 heavy (non-hydrogen) atoms. The fourth-order valence-electron chi connectivity index (χ4n) is 1.66. The summed E-state index contributed by atoms with van der Waals surface area (Å²) in [4.78, 5) is 8.34. The molecule has 0 aliphatic rings. The monoisotopic (exact) mass is 334 g/mol. The quantitative estimate of drug-likeness (QED) is 0.727. The molecule has 2 aromatic heterocycles. The first-order valence-corrected chi connectivity index (χ1v) is 6.44. The third-order valence-corrected chi connectivity index (χ3v) is 3.10. The first-order chi connectivity index (χ1) is 9.63. The van der Waals surface area contributed by atoms with E-state index in [1.54, 1.807) is 12.3 Å². The number of aromatic nitrogens is 3. The van der Waals surface area contributed by atoms with Crippen molar-refractivity contribution in [2.24, 2.45) is 0 Å². The van der Waals surface area contributed by atoms with Gasteiger partial charge in [-0.05, 0) is 46.3 Å². The molecule has 2 N–H and O–H groups in total. The molecule has 0 saturated heterocycles. The SMILES string of the molecule is Nc1ccc(F)cc1-c1nc(-c2ccc(Br)cn2)no1.